The molecule has 0 atom stereocenters. The Bertz CT molecular complexity index is 2130. The van der Waals surface area contributed by atoms with Gasteiger partial charge in [0.1, 0.15) is 0 Å². The standard InChI is InChI=1S/C38H25N5/c1-3-17-37-31(13-1)32-14-2-4-18-38(32)43(37)30-12-5-9-26(21-30)33-15-6-16-34(41-33)29-22-35(27-10-7-19-39-24-27)42-36(23-29)28-11-8-20-40-25-28/h1-25H. The Balaban J connectivity index is 1.25. The maximum absolute atomic E-state index is 5.16. The van der Waals surface area contributed by atoms with E-state index in [1.165, 1.54) is 21.8 Å². The molecule has 5 aromatic heterocycles. The van der Waals surface area contributed by atoms with Crippen molar-refractivity contribution in [1.82, 2.24) is 24.5 Å². The summed E-state index contributed by atoms with van der Waals surface area (Å²) in [5.74, 6) is 0. The van der Waals surface area contributed by atoms with E-state index in [0.29, 0.717) is 0 Å². The molecule has 0 unspecified atom stereocenters. The molecular weight excluding hydrogens is 526 g/mol. The van der Waals surface area contributed by atoms with Gasteiger partial charge in [-0.25, -0.2) is 9.97 Å². The summed E-state index contributed by atoms with van der Waals surface area (Å²) >= 11 is 0. The average molecular weight is 552 g/mol. The Labute approximate surface area is 248 Å². The Hall–Kier alpha value is -5.94. The second-order valence-corrected chi connectivity index (χ2v) is 10.4. The van der Waals surface area contributed by atoms with Crippen LogP contribution < -0.4 is 0 Å². The van der Waals surface area contributed by atoms with E-state index in [-0.39, 0.29) is 0 Å². The third kappa shape index (κ3) is 4.53. The van der Waals surface area contributed by atoms with E-state index in [0.717, 1.165) is 50.7 Å². The van der Waals surface area contributed by atoms with Crippen molar-refractivity contribution in [2.24, 2.45) is 0 Å². The van der Waals surface area contributed by atoms with Gasteiger partial charge in [-0.05, 0) is 72.8 Å². The molecule has 0 aliphatic rings. The molecule has 0 N–H and O–H groups in total. The Morgan fingerprint density at radius 3 is 1.53 bits per heavy atom. The van der Waals surface area contributed by atoms with E-state index >= 15 is 0 Å². The Morgan fingerprint density at radius 1 is 0.395 bits per heavy atom. The molecule has 0 amide bonds. The number of fused-ring (bicyclic) bond motifs is 3. The molecule has 8 aromatic rings. The van der Waals surface area contributed by atoms with Crippen LogP contribution in [-0.4, -0.2) is 24.5 Å². The zero-order valence-electron chi connectivity index (χ0n) is 23.2. The minimum Gasteiger partial charge on any atom is -0.309 e. The van der Waals surface area contributed by atoms with Crippen LogP contribution in [0, 0.1) is 0 Å². The summed E-state index contributed by atoms with van der Waals surface area (Å²) in [6, 6.07) is 44.0. The van der Waals surface area contributed by atoms with Crippen LogP contribution in [0.15, 0.2) is 152 Å². The summed E-state index contributed by atoms with van der Waals surface area (Å²) in [6.07, 6.45) is 7.22. The molecule has 0 spiro atoms. The predicted molar refractivity (Wildman–Crippen MR) is 174 cm³/mol. The number of hydrogen-bond acceptors (Lipinski definition) is 4. The van der Waals surface area contributed by atoms with Gasteiger partial charge in [-0.3, -0.25) is 9.97 Å². The number of pyridine rings is 4. The van der Waals surface area contributed by atoms with Gasteiger partial charge in [-0.15, -0.1) is 0 Å². The first-order chi connectivity index (χ1) is 21.3. The van der Waals surface area contributed by atoms with Gasteiger partial charge in [0.05, 0.1) is 33.8 Å². The lowest BCUT2D eigenvalue weighted by Crippen LogP contribution is -1.96. The lowest BCUT2D eigenvalue weighted by Gasteiger charge is -2.12. The fourth-order valence-electron chi connectivity index (χ4n) is 5.76. The summed E-state index contributed by atoms with van der Waals surface area (Å²) < 4.78 is 2.33. The maximum Gasteiger partial charge on any atom is 0.0731 e. The zero-order valence-corrected chi connectivity index (χ0v) is 23.2. The number of para-hydroxylation sites is 2. The highest BCUT2D eigenvalue weighted by molar-refractivity contribution is 6.09. The van der Waals surface area contributed by atoms with Gasteiger partial charge in [-0.1, -0.05) is 54.6 Å². The second kappa shape index (κ2) is 10.5. The van der Waals surface area contributed by atoms with Crippen molar-refractivity contribution in [3.63, 3.8) is 0 Å². The topological polar surface area (TPSA) is 56.5 Å². The molecule has 0 bridgehead atoms. The molecule has 5 heteroatoms. The van der Waals surface area contributed by atoms with Crippen LogP contribution in [0.5, 0.6) is 0 Å². The largest absolute Gasteiger partial charge is 0.309 e. The highest BCUT2D eigenvalue weighted by atomic mass is 15.0. The third-order valence-corrected chi connectivity index (χ3v) is 7.77. The second-order valence-electron chi connectivity index (χ2n) is 10.4. The van der Waals surface area contributed by atoms with Crippen LogP contribution in [0.3, 0.4) is 0 Å². The van der Waals surface area contributed by atoms with Gasteiger partial charge >= 0.3 is 0 Å². The van der Waals surface area contributed by atoms with Crippen LogP contribution in [0.4, 0.5) is 0 Å². The normalized spacial score (nSPS) is 11.3. The first-order valence-corrected chi connectivity index (χ1v) is 14.2. The molecule has 0 aliphatic carbocycles. The highest BCUT2D eigenvalue weighted by Crippen LogP contribution is 2.34. The molecule has 202 valence electrons. The summed E-state index contributed by atoms with van der Waals surface area (Å²) in [5.41, 5.74) is 10.9. The molecule has 8 rings (SSSR count). The summed E-state index contributed by atoms with van der Waals surface area (Å²) in [7, 11) is 0. The lowest BCUT2D eigenvalue weighted by atomic mass is 10.0. The van der Waals surface area contributed by atoms with Crippen molar-refractivity contribution in [2.45, 2.75) is 0 Å². The molecule has 0 fully saturated rings. The van der Waals surface area contributed by atoms with Crippen molar-refractivity contribution in [2.75, 3.05) is 0 Å². The Kier molecular flexibility index (Phi) is 6.05. The Morgan fingerprint density at radius 2 is 0.930 bits per heavy atom. The van der Waals surface area contributed by atoms with Gasteiger partial charge in [-0.2, -0.15) is 0 Å². The average Bonchev–Trinajstić information content (AvgIpc) is 3.43. The molecule has 5 nitrogen and oxygen atoms in total. The summed E-state index contributed by atoms with van der Waals surface area (Å²) in [5, 5.41) is 2.49. The van der Waals surface area contributed by atoms with Crippen molar-refractivity contribution >= 4 is 21.8 Å². The monoisotopic (exact) mass is 551 g/mol. The third-order valence-electron chi connectivity index (χ3n) is 7.77. The van der Waals surface area contributed by atoms with Crippen molar-refractivity contribution in [3.8, 4) is 50.7 Å². The molecule has 0 saturated heterocycles. The van der Waals surface area contributed by atoms with E-state index in [2.05, 4.69) is 118 Å². The van der Waals surface area contributed by atoms with Crippen LogP contribution in [0.1, 0.15) is 0 Å². The van der Waals surface area contributed by atoms with E-state index < -0.39 is 0 Å². The molecular formula is C38H25N5. The van der Waals surface area contributed by atoms with E-state index in [1.807, 2.05) is 36.7 Å². The maximum atomic E-state index is 5.16. The number of benzene rings is 3. The number of hydrogen-bond donors (Lipinski definition) is 0. The van der Waals surface area contributed by atoms with Crippen molar-refractivity contribution in [3.05, 3.63) is 152 Å². The van der Waals surface area contributed by atoms with Gasteiger partial charge in [0, 0.05) is 63.5 Å². The fourth-order valence-corrected chi connectivity index (χ4v) is 5.76. The quantitative estimate of drug-likeness (QED) is 0.214. The van der Waals surface area contributed by atoms with Gasteiger partial charge < -0.3 is 4.57 Å². The summed E-state index contributed by atoms with van der Waals surface area (Å²) in [6.45, 7) is 0. The molecule has 3 aromatic carbocycles. The predicted octanol–water partition coefficient (Wildman–Crippen LogP) is 9.03. The van der Waals surface area contributed by atoms with Crippen LogP contribution >= 0.6 is 0 Å². The van der Waals surface area contributed by atoms with E-state index in [9.17, 15) is 0 Å². The van der Waals surface area contributed by atoms with Crippen molar-refractivity contribution in [1.29, 1.82) is 0 Å². The van der Waals surface area contributed by atoms with Gasteiger partial charge in [0.2, 0.25) is 0 Å². The molecule has 5 heterocycles. The first-order valence-electron chi connectivity index (χ1n) is 14.2. The first kappa shape index (κ1) is 24.8. The van der Waals surface area contributed by atoms with Gasteiger partial charge in [0.15, 0.2) is 0 Å². The minimum absolute atomic E-state index is 0.838. The van der Waals surface area contributed by atoms with Crippen molar-refractivity contribution < 1.29 is 0 Å². The number of nitrogens with zero attached hydrogens (tertiary/aromatic N) is 5. The number of aromatic nitrogens is 5. The van der Waals surface area contributed by atoms with Crippen LogP contribution in [0.25, 0.3) is 72.5 Å². The molecule has 0 radical (unpaired) electrons. The highest BCUT2D eigenvalue weighted by Gasteiger charge is 2.14. The molecule has 0 aliphatic heterocycles. The lowest BCUT2D eigenvalue weighted by molar-refractivity contribution is 1.18. The van der Waals surface area contributed by atoms with Crippen LogP contribution in [-0.2, 0) is 0 Å². The van der Waals surface area contributed by atoms with E-state index in [1.54, 1.807) is 12.4 Å². The van der Waals surface area contributed by atoms with E-state index in [4.69, 9.17) is 9.97 Å². The summed E-state index contributed by atoms with van der Waals surface area (Å²) in [4.78, 5) is 18.8. The fraction of sp³-hybridized carbons (Fsp3) is 0. The van der Waals surface area contributed by atoms with Crippen LogP contribution in [0.2, 0.25) is 0 Å². The minimum atomic E-state index is 0.838. The molecule has 43 heavy (non-hydrogen) atoms. The molecule has 0 saturated carbocycles. The van der Waals surface area contributed by atoms with Gasteiger partial charge in [0.25, 0.3) is 0 Å². The number of rotatable bonds is 5. The zero-order chi connectivity index (χ0) is 28.6. The SMILES string of the molecule is c1cncc(-c2cc(-c3cccc(-c4cccc(-n5c6ccccc6c6ccccc65)c4)n3)cc(-c3cccnc3)n2)c1. The smallest absolute Gasteiger partial charge is 0.0731 e.